The SMILES string of the molecule is CC1(C)C(n2c(CCl)nc3ccc(Br)cc32)C1(C)C. The molecule has 1 aromatic carbocycles. The number of aromatic nitrogens is 2. The molecule has 1 aliphatic carbocycles. The third kappa shape index (κ3) is 1.71. The molecule has 1 aliphatic rings. The van der Waals surface area contributed by atoms with Gasteiger partial charge in [0, 0.05) is 10.5 Å². The van der Waals surface area contributed by atoms with Gasteiger partial charge in [0.15, 0.2) is 0 Å². The van der Waals surface area contributed by atoms with Crippen molar-refractivity contribution in [1.29, 1.82) is 0 Å². The Morgan fingerprint density at radius 2 is 1.89 bits per heavy atom. The fraction of sp³-hybridized carbons (Fsp3) is 0.533. The molecule has 0 unspecified atom stereocenters. The Bertz CT molecular complexity index is 643. The molecule has 0 atom stereocenters. The summed E-state index contributed by atoms with van der Waals surface area (Å²) in [6.45, 7) is 9.28. The highest BCUT2D eigenvalue weighted by molar-refractivity contribution is 9.10. The van der Waals surface area contributed by atoms with E-state index < -0.39 is 0 Å². The highest BCUT2D eigenvalue weighted by atomic mass is 79.9. The van der Waals surface area contributed by atoms with Crippen molar-refractivity contribution in [1.82, 2.24) is 9.55 Å². The van der Waals surface area contributed by atoms with E-state index >= 15 is 0 Å². The lowest BCUT2D eigenvalue weighted by molar-refractivity contribution is 0.457. The normalized spacial score (nSPS) is 20.9. The Morgan fingerprint density at radius 3 is 2.42 bits per heavy atom. The van der Waals surface area contributed by atoms with E-state index in [1.165, 1.54) is 5.52 Å². The van der Waals surface area contributed by atoms with Gasteiger partial charge in [-0.1, -0.05) is 43.6 Å². The van der Waals surface area contributed by atoms with Crippen molar-refractivity contribution in [3.63, 3.8) is 0 Å². The van der Waals surface area contributed by atoms with Gasteiger partial charge in [0.2, 0.25) is 0 Å². The molecule has 0 bridgehead atoms. The molecule has 2 nitrogen and oxygen atoms in total. The number of imidazole rings is 1. The van der Waals surface area contributed by atoms with Gasteiger partial charge in [-0.3, -0.25) is 0 Å². The van der Waals surface area contributed by atoms with Crippen molar-refractivity contribution in [2.75, 3.05) is 0 Å². The van der Waals surface area contributed by atoms with Crippen LogP contribution in [-0.4, -0.2) is 9.55 Å². The number of alkyl halides is 1. The first-order valence-electron chi connectivity index (χ1n) is 6.53. The van der Waals surface area contributed by atoms with Crippen LogP contribution in [0.5, 0.6) is 0 Å². The average Bonchev–Trinajstić information content (AvgIpc) is 2.63. The average molecular weight is 342 g/mol. The van der Waals surface area contributed by atoms with E-state index in [0.717, 1.165) is 15.8 Å². The maximum absolute atomic E-state index is 6.11. The highest BCUT2D eigenvalue weighted by Crippen LogP contribution is 2.72. The minimum absolute atomic E-state index is 0.268. The number of benzene rings is 1. The number of hydrogen-bond donors (Lipinski definition) is 0. The molecule has 1 fully saturated rings. The van der Waals surface area contributed by atoms with E-state index in [0.29, 0.717) is 11.9 Å². The lowest BCUT2D eigenvalue weighted by atomic mass is 10.0. The number of halogens is 2. The molecule has 3 rings (SSSR count). The van der Waals surface area contributed by atoms with E-state index in [1.807, 2.05) is 12.1 Å². The summed E-state index contributed by atoms with van der Waals surface area (Å²) in [6, 6.07) is 6.67. The van der Waals surface area contributed by atoms with Crippen molar-refractivity contribution in [3.8, 4) is 0 Å². The van der Waals surface area contributed by atoms with Crippen LogP contribution in [0.3, 0.4) is 0 Å². The summed E-state index contributed by atoms with van der Waals surface area (Å²) in [5.74, 6) is 1.42. The van der Waals surface area contributed by atoms with Crippen LogP contribution in [0.25, 0.3) is 11.0 Å². The molecule has 0 N–H and O–H groups in total. The predicted octanol–water partition coefficient (Wildman–Crippen LogP) is 5.14. The molecule has 0 spiro atoms. The molecule has 1 saturated carbocycles. The smallest absolute Gasteiger partial charge is 0.125 e. The zero-order valence-electron chi connectivity index (χ0n) is 11.7. The number of fused-ring (bicyclic) bond motifs is 1. The Kier molecular flexibility index (Phi) is 2.82. The summed E-state index contributed by atoms with van der Waals surface area (Å²) in [5.41, 5.74) is 2.74. The number of hydrogen-bond acceptors (Lipinski definition) is 1. The summed E-state index contributed by atoms with van der Waals surface area (Å²) in [4.78, 5) is 4.67. The monoisotopic (exact) mass is 340 g/mol. The second kappa shape index (κ2) is 3.98. The van der Waals surface area contributed by atoms with Crippen molar-refractivity contribution >= 4 is 38.6 Å². The van der Waals surface area contributed by atoms with Gasteiger partial charge >= 0.3 is 0 Å². The van der Waals surface area contributed by atoms with Gasteiger partial charge in [0.1, 0.15) is 5.82 Å². The lowest BCUT2D eigenvalue weighted by Gasteiger charge is -2.10. The topological polar surface area (TPSA) is 17.8 Å². The van der Waals surface area contributed by atoms with Crippen molar-refractivity contribution < 1.29 is 0 Å². The van der Waals surface area contributed by atoms with Crippen LogP contribution in [-0.2, 0) is 5.88 Å². The van der Waals surface area contributed by atoms with Gasteiger partial charge in [-0.2, -0.15) is 0 Å². The standard InChI is InChI=1S/C15H18BrClN2/c1-14(2)13(15(14,3)4)19-11-7-9(16)5-6-10(11)18-12(19)8-17/h5-7,13H,8H2,1-4H3. The zero-order valence-corrected chi connectivity index (χ0v) is 14.0. The predicted molar refractivity (Wildman–Crippen MR) is 83.6 cm³/mol. The molecule has 0 saturated heterocycles. The molecule has 0 radical (unpaired) electrons. The summed E-state index contributed by atoms with van der Waals surface area (Å²) >= 11 is 9.66. The van der Waals surface area contributed by atoms with E-state index in [2.05, 4.69) is 59.2 Å². The summed E-state index contributed by atoms with van der Waals surface area (Å²) in [7, 11) is 0. The minimum Gasteiger partial charge on any atom is -0.323 e. The van der Waals surface area contributed by atoms with E-state index in [9.17, 15) is 0 Å². The van der Waals surface area contributed by atoms with E-state index in [4.69, 9.17) is 11.6 Å². The fourth-order valence-corrected chi connectivity index (χ4v) is 3.84. The van der Waals surface area contributed by atoms with Gasteiger partial charge in [0.25, 0.3) is 0 Å². The summed E-state index contributed by atoms with van der Waals surface area (Å²) in [6.07, 6.45) is 0. The van der Waals surface area contributed by atoms with E-state index in [-0.39, 0.29) is 10.8 Å². The molecule has 102 valence electrons. The molecule has 0 amide bonds. The summed E-state index contributed by atoms with van der Waals surface area (Å²) < 4.78 is 3.42. The molecular formula is C15H18BrClN2. The first-order valence-corrected chi connectivity index (χ1v) is 7.86. The Labute approximate surface area is 127 Å². The Morgan fingerprint density at radius 1 is 1.26 bits per heavy atom. The van der Waals surface area contributed by atoms with Crippen molar-refractivity contribution in [2.24, 2.45) is 10.8 Å². The Hall–Kier alpha value is -0.540. The molecular weight excluding hydrogens is 324 g/mol. The van der Waals surface area contributed by atoms with Gasteiger partial charge in [0.05, 0.1) is 16.9 Å². The second-order valence-electron chi connectivity index (χ2n) is 6.51. The van der Waals surface area contributed by atoms with Crippen LogP contribution in [0, 0.1) is 10.8 Å². The second-order valence-corrected chi connectivity index (χ2v) is 7.69. The first kappa shape index (κ1) is 13.4. The maximum Gasteiger partial charge on any atom is 0.125 e. The van der Waals surface area contributed by atoms with E-state index in [1.54, 1.807) is 0 Å². The van der Waals surface area contributed by atoms with Crippen molar-refractivity contribution in [2.45, 2.75) is 39.6 Å². The van der Waals surface area contributed by atoms with Crippen LogP contribution in [0.1, 0.15) is 39.6 Å². The molecule has 1 heterocycles. The number of rotatable bonds is 2. The van der Waals surface area contributed by atoms with Crippen LogP contribution >= 0.6 is 27.5 Å². The van der Waals surface area contributed by atoms with Crippen LogP contribution in [0.2, 0.25) is 0 Å². The summed E-state index contributed by atoms with van der Waals surface area (Å²) in [5, 5.41) is 0. The van der Waals surface area contributed by atoms with Gasteiger partial charge in [-0.25, -0.2) is 4.98 Å². The highest BCUT2D eigenvalue weighted by Gasteiger charge is 2.66. The first-order chi connectivity index (χ1) is 8.80. The fourth-order valence-electron chi connectivity index (χ4n) is 3.31. The quantitative estimate of drug-likeness (QED) is 0.691. The van der Waals surface area contributed by atoms with Crippen molar-refractivity contribution in [3.05, 3.63) is 28.5 Å². The minimum atomic E-state index is 0.268. The van der Waals surface area contributed by atoms with Gasteiger partial charge in [-0.05, 0) is 29.0 Å². The van der Waals surface area contributed by atoms with Crippen LogP contribution in [0.4, 0.5) is 0 Å². The molecule has 2 aromatic rings. The Balaban J connectivity index is 2.26. The largest absolute Gasteiger partial charge is 0.323 e. The van der Waals surface area contributed by atoms with Gasteiger partial charge in [-0.15, -0.1) is 11.6 Å². The molecule has 1 aromatic heterocycles. The zero-order chi connectivity index (χ0) is 14.0. The van der Waals surface area contributed by atoms with Gasteiger partial charge < -0.3 is 4.57 Å². The molecule has 0 aliphatic heterocycles. The lowest BCUT2D eigenvalue weighted by Crippen LogP contribution is -2.05. The maximum atomic E-state index is 6.11. The molecule has 4 heteroatoms. The third-order valence-corrected chi connectivity index (χ3v) is 5.78. The molecule has 19 heavy (non-hydrogen) atoms. The van der Waals surface area contributed by atoms with Crippen LogP contribution in [0.15, 0.2) is 22.7 Å². The third-order valence-electron chi connectivity index (χ3n) is 5.05. The number of nitrogens with zero attached hydrogens (tertiary/aromatic N) is 2. The van der Waals surface area contributed by atoms with Crippen LogP contribution < -0.4 is 0 Å².